The first-order chi connectivity index (χ1) is 11.8. The van der Waals surface area contributed by atoms with Crippen molar-refractivity contribution in [3.05, 3.63) is 40.2 Å². The summed E-state index contributed by atoms with van der Waals surface area (Å²) in [5.74, 6) is -1.08. The van der Waals surface area contributed by atoms with Crippen molar-refractivity contribution in [3.8, 4) is 5.75 Å². The van der Waals surface area contributed by atoms with E-state index in [0.717, 1.165) is 0 Å². The molecule has 1 aromatic carbocycles. The number of rotatable bonds is 2. The van der Waals surface area contributed by atoms with E-state index >= 15 is 0 Å². The molecule has 1 aliphatic heterocycles. The summed E-state index contributed by atoms with van der Waals surface area (Å²) >= 11 is 0. The third-order valence-corrected chi connectivity index (χ3v) is 3.96. The summed E-state index contributed by atoms with van der Waals surface area (Å²) in [7, 11) is 0. The third-order valence-electron chi connectivity index (χ3n) is 3.96. The summed E-state index contributed by atoms with van der Waals surface area (Å²) in [4.78, 5) is 23.6. The fourth-order valence-corrected chi connectivity index (χ4v) is 2.60. The Bertz CT molecular complexity index is 858. The van der Waals surface area contributed by atoms with E-state index in [2.05, 4.69) is 0 Å². The second-order valence-electron chi connectivity index (χ2n) is 5.75. The molecule has 2 heterocycles. The normalized spacial score (nSPS) is 29.6. The Hall–Kier alpha value is -2.30. The summed E-state index contributed by atoms with van der Waals surface area (Å²) in [6.45, 7) is 1.73. The van der Waals surface area contributed by atoms with E-state index in [0.29, 0.717) is 10.9 Å². The lowest BCUT2D eigenvalue weighted by Crippen LogP contribution is -2.60. The van der Waals surface area contributed by atoms with E-state index in [-0.39, 0.29) is 11.3 Å². The Kier molecular flexibility index (Phi) is 4.58. The van der Waals surface area contributed by atoms with Crippen molar-refractivity contribution in [2.24, 2.45) is 0 Å². The standard InChI is InChI=1S/C16H16O9/c1-6-4-10(17)24-9-5-7(2-3-8(6)9)23-16(22)14-12(19)11(18)13(20)15(21)25-14/h2-5,11-15,18-21H,1H3/t11-,12-,13+,14+,15+/m0/s1. The van der Waals surface area contributed by atoms with Crippen LogP contribution in [-0.4, -0.2) is 57.1 Å². The van der Waals surface area contributed by atoms with Gasteiger partial charge in [-0.15, -0.1) is 0 Å². The number of hydrogen-bond donors (Lipinski definition) is 4. The van der Waals surface area contributed by atoms with Crippen LogP contribution in [0.4, 0.5) is 0 Å². The van der Waals surface area contributed by atoms with Crippen LogP contribution in [0.3, 0.4) is 0 Å². The minimum absolute atomic E-state index is 0.0113. The molecule has 25 heavy (non-hydrogen) atoms. The fourth-order valence-electron chi connectivity index (χ4n) is 2.60. The highest BCUT2D eigenvalue weighted by Crippen LogP contribution is 2.25. The summed E-state index contributed by atoms with van der Waals surface area (Å²) in [5, 5.41) is 38.9. The van der Waals surface area contributed by atoms with Crippen molar-refractivity contribution >= 4 is 16.9 Å². The molecule has 1 aromatic heterocycles. The number of carbonyl (C=O) groups excluding carboxylic acids is 1. The van der Waals surface area contributed by atoms with Gasteiger partial charge in [0.25, 0.3) is 0 Å². The number of fused-ring (bicyclic) bond motifs is 1. The molecule has 3 rings (SSSR count). The fraction of sp³-hybridized carbons (Fsp3) is 0.375. The van der Waals surface area contributed by atoms with Crippen LogP contribution in [0.15, 0.2) is 33.5 Å². The van der Waals surface area contributed by atoms with Crippen LogP contribution in [0.25, 0.3) is 11.0 Å². The van der Waals surface area contributed by atoms with E-state index < -0.39 is 42.3 Å². The highest BCUT2D eigenvalue weighted by atomic mass is 16.7. The molecule has 1 saturated heterocycles. The zero-order valence-corrected chi connectivity index (χ0v) is 13.0. The van der Waals surface area contributed by atoms with Crippen LogP contribution >= 0.6 is 0 Å². The molecule has 2 aromatic rings. The summed E-state index contributed by atoms with van der Waals surface area (Å²) in [6.07, 6.45) is -8.87. The van der Waals surface area contributed by atoms with Crippen LogP contribution < -0.4 is 10.4 Å². The van der Waals surface area contributed by atoms with Crippen molar-refractivity contribution in [1.82, 2.24) is 0 Å². The summed E-state index contributed by atoms with van der Waals surface area (Å²) in [6, 6.07) is 5.68. The van der Waals surface area contributed by atoms with Crippen LogP contribution in [0.2, 0.25) is 0 Å². The maximum atomic E-state index is 12.1. The quantitative estimate of drug-likeness (QED) is 0.297. The molecule has 5 atom stereocenters. The largest absolute Gasteiger partial charge is 0.424 e. The Morgan fingerprint density at radius 1 is 1.08 bits per heavy atom. The van der Waals surface area contributed by atoms with Crippen LogP contribution in [0, 0.1) is 6.92 Å². The maximum absolute atomic E-state index is 12.1. The van der Waals surface area contributed by atoms with Crippen LogP contribution in [-0.2, 0) is 9.53 Å². The molecule has 1 fully saturated rings. The van der Waals surface area contributed by atoms with Crippen molar-refractivity contribution in [3.63, 3.8) is 0 Å². The minimum atomic E-state index is -1.85. The molecule has 0 radical (unpaired) electrons. The Morgan fingerprint density at radius 2 is 1.80 bits per heavy atom. The average Bonchev–Trinajstić information content (AvgIpc) is 2.55. The van der Waals surface area contributed by atoms with Crippen molar-refractivity contribution < 1.29 is 39.1 Å². The molecule has 0 saturated carbocycles. The number of aliphatic hydroxyl groups is 4. The van der Waals surface area contributed by atoms with Gasteiger partial charge >= 0.3 is 11.6 Å². The van der Waals surface area contributed by atoms with Gasteiger partial charge in [0.2, 0.25) is 0 Å². The number of esters is 1. The number of carbonyl (C=O) groups is 1. The molecule has 134 valence electrons. The van der Waals surface area contributed by atoms with Gasteiger partial charge in [-0.2, -0.15) is 0 Å². The van der Waals surface area contributed by atoms with E-state index in [1.165, 1.54) is 18.2 Å². The van der Waals surface area contributed by atoms with Gasteiger partial charge in [0, 0.05) is 17.5 Å². The SMILES string of the molecule is Cc1cc(=O)oc2cc(OC(=O)[C@@H]3O[C@@H](O)[C@H](O)[C@@H](O)[C@@H]3O)ccc12. The van der Waals surface area contributed by atoms with Crippen molar-refractivity contribution in [1.29, 1.82) is 0 Å². The van der Waals surface area contributed by atoms with Crippen LogP contribution in [0.1, 0.15) is 5.56 Å². The average molecular weight is 352 g/mol. The topological polar surface area (TPSA) is 147 Å². The zero-order chi connectivity index (χ0) is 18.3. The Balaban J connectivity index is 1.83. The predicted molar refractivity (Wildman–Crippen MR) is 81.8 cm³/mol. The lowest BCUT2D eigenvalue weighted by molar-refractivity contribution is -0.279. The molecule has 0 unspecified atom stereocenters. The van der Waals surface area contributed by atoms with E-state index in [9.17, 15) is 30.0 Å². The smallest absolute Gasteiger partial charge is 0.343 e. The summed E-state index contributed by atoms with van der Waals surface area (Å²) in [5.41, 5.74) is 0.339. The molecule has 9 heteroatoms. The van der Waals surface area contributed by atoms with Gasteiger partial charge in [-0.05, 0) is 24.6 Å². The molecule has 0 spiro atoms. The van der Waals surface area contributed by atoms with Gasteiger partial charge < -0.3 is 34.3 Å². The van der Waals surface area contributed by atoms with Crippen molar-refractivity contribution in [2.45, 2.75) is 37.6 Å². The van der Waals surface area contributed by atoms with Gasteiger partial charge in [-0.1, -0.05) is 0 Å². The molecule has 1 aliphatic rings. The molecule has 4 N–H and O–H groups in total. The van der Waals surface area contributed by atoms with E-state index in [4.69, 9.17) is 13.9 Å². The molecule has 0 amide bonds. The zero-order valence-electron chi connectivity index (χ0n) is 13.0. The molecular weight excluding hydrogens is 336 g/mol. The first-order valence-electron chi connectivity index (χ1n) is 7.42. The molecule has 0 bridgehead atoms. The first-order valence-corrected chi connectivity index (χ1v) is 7.42. The highest BCUT2D eigenvalue weighted by molar-refractivity contribution is 5.83. The second-order valence-corrected chi connectivity index (χ2v) is 5.75. The monoisotopic (exact) mass is 352 g/mol. The first kappa shape index (κ1) is 17.5. The maximum Gasteiger partial charge on any atom is 0.343 e. The lowest BCUT2D eigenvalue weighted by atomic mass is 9.99. The van der Waals surface area contributed by atoms with Crippen LogP contribution in [0.5, 0.6) is 5.75 Å². The highest BCUT2D eigenvalue weighted by Gasteiger charge is 2.47. The number of hydrogen-bond acceptors (Lipinski definition) is 9. The molecule has 9 nitrogen and oxygen atoms in total. The Labute approximate surface area is 140 Å². The number of benzene rings is 1. The number of aryl methyl sites for hydroxylation is 1. The van der Waals surface area contributed by atoms with Gasteiger partial charge in [-0.25, -0.2) is 9.59 Å². The predicted octanol–water partition coefficient (Wildman–Crippen LogP) is -1.19. The molecule has 0 aliphatic carbocycles. The van der Waals surface area contributed by atoms with Gasteiger partial charge in [0.05, 0.1) is 0 Å². The van der Waals surface area contributed by atoms with Gasteiger partial charge in [-0.3, -0.25) is 0 Å². The van der Waals surface area contributed by atoms with E-state index in [1.807, 2.05) is 0 Å². The molecular formula is C16H16O9. The lowest BCUT2D eigenvalue weighted by Gasteiger charge is -2.36. The van der Waals surface area contributed by atoms with Crippen molar-refractivity contribution in [2.75, 3.05) is 0 Å². The van der Waals surface area contributed by atoms with Gasteiger partial charge in [0.15, 0.2) is 12.4 Å². The van der Waals surface area contributed by atoms with E-state index in [1.54, 1.807) is 13.0 Å². The number of ether oxygens (including phenoxy) is 2. The number of aliphatic hydroxyl groups excluding tert-OH is 4. The minimum Gasteiger partial charge on any atom is -0.424 e. The second kappa shape index (κ2) is 6.54. The third kappa shape index (κ3) is 3.28. The summed E-state index contributed by atoms with van der Waals surface area (Å²) < 4.78 is 14.9. The Morgan fingerprint density at radius 3 is 2.52 bits per heavy atom. The van der Waals surface area contributed by atoms with Gasteiger partial charge in [0.1, 0.15) is 29.6 Å².